The van der Waals surface area contributed by atoms with Crippen molar-refractivity contribution >= 4 is 32.5 Å². The number of carbonyl (C=O) groups is 1. The van der Waals surface area contributed by atoms with Crippen LogP contribution in [0.4, 0.5) is 5.69 Å². The van der Waals surface area contributed by atoms with E-state index in [9.17, 15) is 13.2 Å². The fraction of sp³-hybridized carbons (Fsp3) is 0.0476. The van der Waals surface area contributed by atoms with Gasteiger partial charge in [-0.3, -0.25) is 4.79 Å². The summed E-state index contributed by atoms with van der Waals surface area (Å²) in [6, 6.07) is 21.0. The van der Waals surface area contributed by atoms with Crippen LogP contribution in [0.2, 0.25) is 0 Å². The van der Waals surface area contributed by atoms with Crippen LogP contribution in [-0.4, -0.2) is 30.5 Å². The van der Waals surface area contributed by atoms with Gasteiger partial charge in [0.1, 0.15) is 5.82 Å². The average molecular weight is 391 g/mol. The number of H-pyrrole nitrogens is 1. The van der Waals surface area contributed by atoms with Crippen LogP contribution < -0.4 is 5.32 Å². The molecule has 1 aromatic heterocycles. The molecule has 7 heteroatoms. The molecule has 0 spiro atoms. The van der Waals surface area contributed by atoms with Gasteiger partial charge in [-0.15, -0.1) is 0 Å². The first-order valence-electron chi connectivity index (χ1n) is 8.57. The second kappa shape index (κ2) is 6.94. The van der Waals surface area contributed by atoms with E-state index in [2.05, 4.69) is 15.3 Å². The van der Waals surface area contributed by atoms with Crippen molar-refractivity contribution in [2.75, 3.05) is 11.6 Å². The van der Waals surface area contributed by atoms with Gasteiger partial charge in [-0.2, -0.15) is 0 Å². The lowest BCUT2D eigenvalue weighted by molar-refractivity contribution is 0.102. The molecule has 4 aromatic rings. The van der Waals surface area contributed by atoms with Crippen LogP contribution >= 0.6 is 0 Å². The standard InChI is InChI=1S/C21H17N3O3S/c1-28(26,27)15-8-6-7-14(13-15)21(25)24-17-10-3-2-9-16(17)20-22-18-11-4-5-12-19(18)23-20/h2-13H,1H3,(H,22,23)(H,24,25). The highest BCUT2D eigenvalue weighted by Gasteiger charge is 2.15. The lowest BCUT2D eigenvalue weighted by Gasteiger charge is -2.10. The van der Waals surface area contributed by atoms with Crippen molar-refractivity contribution < 1.29 is 13.2 Å². The Labute approximate surface area is 162 Å². The molecule has 0 radical (unpaired) electrons. The van der Waals surface area contributed by atoms with Crippen molar-refractivity contribution in [1.29, 1.82) is 0 Å². The zero-order chi connectivity index (χ0) is 19.7. The number of nitrogens with zero attached hydrogens (tertiary/aromatic N) is 1. The first-order valence-corrected chi connectivity index (χ1v) is 10.5. The third-order valence-electron chi connectivity index (χ3n) is 4.34. The zero-order valence-electron chi connectivity index (χ0n) is 15.0. The summed E-state index contributed by atoms with van der Waals surface area (Å²) in [5.41, 5.74) is 3.32. The van der Waals surface area contributed by atoms with Gasteiger partial charge in [0.15, 0.2) is 9.84 Å². The van der Waals surface area contributed by atoms with Gasteiger partial charge in [-0.05, 0) is 42.5 Å². The maximum atomic E-state index is 12.7. The number of anilines is 1. The van der Waals surface area contributed by atoms with Gasteiger partial charge in [0.2, 0.25) is 0 Å². The highest BCUT2D eigenvalue weighted by molar-refractivity contribution is 7.90. The van der Waals surface area contributed by atoms with Gasteiger partial charge in [0.25, 0.3) is 5.91 Å². The van der Waals surface area contributed by atoms with E-state index in [0.29, 0.717) is 11.5 Å². The van der Waals surface area contributed by atoms with Gasteiger partial charge in [-0.1, -0.05) is 30.3 Å². The molecule has 2 N–H and O–H groups in total. The quantitative estimate of drug-likeness (QED) is 0.552. The van der Waals surface area contributed by atoms with E-state index in [1.165, 1.54) is 12.1 Å². The number of rotatable bonds is 4. The molecule has 0 unspecified atom stereocenters. The number of hydrogen-bond acceptors (Lipinski definition) is 4. The second-order valence-electron chi connectivity index (χ2n) is 6.40. The third kappa shape index (κ3) is 3.52. The predicted octanol–water partition coefficient (Wildman–Crippen LogP) is 3.89. The Morgan fingerprint density at radius 3 is 2.50 bits per heavy atom. The Kier molecular flexibility index (Phi) is 4.44. The number of para-hydroxylation sites is 3. The van der Waals surface area contributed by atoms with Crippen molar-refractivity contribution in [2.24, 2.45) is 0 Å². The molecule has 0 aliphatic rings. The van der Waals surface area contributed by atoms with E-state index in [-0.39, 0.29) is 10.5 Å². The minimum absolute atomic E-state index is 0.103. The van der Waals surface area contributed by atoms with Crippen LogP contribution in [-0.2, 0) is 9.84 Å². The average Bonchev–Trinajstić information content (AvgIpc) is 3.12. The summed E-state index contributed by atoms with van der Waals surface area (Å²) < 4.78 is 23.5. The van der Waals surface area contributed by atoms with E-state index in [4.69, 9.17) is 0 Å². The Morgan fingerprint density at radius 1 is 0.964 bits per heavy atom. The predicted molar refractivity (Wildman–Crippen MR) is 109 cm³/mol. The SMILES string of the molecule is CS(=O)(=O)c1cccc(C(=O)Nc2ccccc2-c2nc3ccccc3[nH]2)c1. The molecule has 0 aliphatic heterocycles. The normalized spacial score (nSPS) is 11.5. The van der Waals surface area contributed by atoms with Crippen LogP contribution in [0.15, 0.2) is 77.7 Å². The number of sulfone groups is 1. The lowest BCUT2D eigenvalue weighted by atomic mass is 10.1. The number of nitrogens with one attached hydrogen (secondary N) is 2. The van der Waals surface area contributed by atoms with Crippen molar-refractivity contribution in [3.05, 3.63) is 78.4 Å². The minimum Gasteiger partial charge on any atom is -0.338 e. The fourth-order valence-electron chi connectivity index (χ4n) is 2.94. The molecule has 4 rings (SSSR count). The number of benzene rings is 3. The smallest absolute Gasteiger partial charge is 0.255 e. The molecule has 28 heavy (non-hydrogen) atoms. The van der Waals surface area contributed by atoms with E-state index < -0.39 is 15.7 Å². The third-order valence-corrected chi connectivity index (χ3v) is 5.45. The zero-order valence-corrected chi connectivity index (χ0v) is 15.8. The molecule has 0 atom stereocenters. The van der Waals surface area contributed by atoms with Crippen LogP contribution in [0.1, 0.15) is 10.4 Å². The molecule has 1 heterocycles. The number of aromatic amines is 1. The second-order valence-corrected chi connectivity index (χ2v) is 8.42. The number of hydrogen-bond donors (Lipinski definition) is 2. The van der Waals surface area contributed by atoms with E-state index >= 15 is 0 Å². The molecule has 0 saturated carbocycles. The number of amides is 1. The molecule has 140 valence electrons. The molecule has 0 bridgehead atoms. The van der Waals surface area contributed by atoms with E-state index in [1.807, 2.05) is 42.5 Å². The Morgan fingerprint density at radius 2 is 1.71 bits per heavy atom. The number of fused-ring (bicyclic) bond motifs is 1. The Bertz CT molecular complexity index is 1260. The molecular formula is C21H17N3O3S. The number of imidazole rings is 1. The molecule has 0 fully saturated rings. The summed E-state index contributed by atoms with van der Waals surface area (Å²) in [4.78, 5) is 20.7. The highest BCUT2D eigenvalue weighted by atomic mass is 32.2. The first kappa shape index (κ1) is 17.9. The van der Waals surface area contributed by atoms with E-state index in [1.54, 1.807) is 18.2 Å². The van der Waals surface area contributed by atoms with Crippen LogP contribution in [0.25, 0.3) is 22.4 Å². The number of aromatic nitrogens is 2. The molecule has 3 aromatic carbocycles. The van der Waals surface area contributed by atoms with Crippen LogP contribution in [0, 0.1) is 0 Å². The molecule has 6 nitrogen and oxygen atoms in total. The molecule has 0 saturated heterocycles. The van der Waals surface area contributed by atoms with Crippen LogP contribution in [0.5, 0.6) is 0 Å². The molecule has 1 amide bonds. The Hall–Kier alpha value is -3.45. The lowest BCUT2D eigenvalue weighted by Crippen LogP contribution is -2.13. The largest absolute Gasteiger partial charge is 0.338 e. The maximum Gasteiger partial charge on any atom is 0.255 e. The van der Waals surface area contributed by atoms with Gasteiger partial charge in [0, 0.05) is 17.4 Å². The molecule has 0 aliphatic carbocycles. The maximum absolute atomic E-state index is 12.7. The number of carbonyl (C=O) groups excluding carboxylic acids is 1. The molecular weight excluding hydrogens is 374 g/mol. The Balaban J connectivity index is 1.69. The summed E-state index contributed by atoms with van der Waals surface area (Å²) in [6.07, 6.45) is 1.11. The van der Waals surface area contributed by atoms with Gasteiger partial charge in [0.05, 0.1) is 21.6 Å². The van der Waals surface area contributed by atoms with Crippen molar-refractivity contribution in [1.82, 2.24) is 9.97 Å². The highest BCUT2D eigenvalue weighted by Crippen LogP contribution is 2.28. The monoisotopic (exact) mass is 391 g/mol. The van der Waals surface area contributed by atoms with Gasteiger partial charge < -0.3 is 10.3 Å². The fourth-order valence-corrected chi connectivity index (χ4v) is 3.61. The summed E-state index contributed by atoms with van der Waals surface area (Å²) in [7, 11) is -3.39. The van der Waals surface area contributed by atoms with Crippen molar-refractivity contribution in [3.8, 4) is 11.4 Å². The summed E-state index contributed by atoms with van der Waals surface area (Å²) >= 11 is 0. The van der Waals surface area contributed by atoms with Crippen LogP contribution in [0.3, 0.4) is 0 Å². The van der Waals surface area contributed by atoms with Crippen molar-refractivity contribution in [3.63, 3.8) is 0 Å². The summed E-state index contributed by atoms with van der Waals surface area (Å²) in [5, 5.41) is 2.85. The summed E-state index contributed by atoms with van der Waals surface area (Å²) in [5.74, 6) is 0.246. The van der Waals surface area contributed by atoms with Crippen molar-refractivity contribution in [2.45, 2.75) is 4.90 Å². The van der Waals surface area contributed by atoms with Gasteiger partial charge >= 0.3 is 0 Å². The minimum atomic E-state index is -3.39. The first-order chi connectivity index (χ1) is 13.4. The van der Waals surface area contributed by atoms with E-state index in [0.717, 1.165) is 22.9 Å². The summed E-state index contributed by atoms with van der Waals surface area (Å²) in [6.45, 7) is 0. The topological polar surface area (TPSA) is 91.9 Å². The van der Waals surface area contributed by atoms with Gasteiger partial charge in [-0.25, -0.2) is 13.4 Å².